The second-order valence-electron chi connectivity index (χ2n) is 6.95. The number of carbonyl (C=O) groups is 1. The van der Waals surface area contributed by atoms with Gasteiger partial charge in [-0.25, -0.2) is 12.8 Å². The van der Waals surface area contributed by atoms with Crippen LogP contribution in [0.2, 0.25) is 0 Å². The van der Waals surface area contributed by atoms with Gasteiger partial charge in [0.05, 0.1) is 10.9 Å². The molecule has 2 heterocycles. The van der Waals surface area contributed by atoms with Crippen LogP contribution < -0.4 is 5.32 Å². The van der Waals surface area contributed by atoms with E-state index in [1.807, 2.05) is 0 Å². The molecule has 1 atom stereocenters. The van der Waals surface area contributed by atoms with Crippen molar-refractivity contribution in [2.45, 2.75) is 30.7 Å². The molecule has 0 radical (unpaired) electrons. The van der Waals surface area contributed by atoms with Crippen molar-refractivity contribution in [3.8, 4) is 0 Å². The third-order valence-corrected chi connectivity index (χ3v) is 7.98. The number of hydrogen-bond acceptors (Lipinski definition) is 6. The van der Waals surface area contributed by atoms with E-state index >= 15 is 0 Å². The van der Waals surface area contributed by atoms with Crippen molar-refractivity contribution in [3.05, 3.63) is 69.9 Å². The molecule has 7 nitrogen and oxygen atoms in total. The molecule has 1 aliphatic heterocycles. The summed E-state index contributed by atoms with van der Waals surface area (Å²) in [7, 11) is -3.70. The van der Waals surface area contributed by atoms with Crippen molar-refractivity contribution in [3.63, 3.8) is 0 Å². The van der Waals surface area contributed by atoms with Crippen LogP contribution >= 0.6 is 11.3 Å². The molecule has 10 heteroatoms. The zero-order valence-corrected chi connectivity index (χ0v) is 17.7. The monoisotopic (exact) mass is 446 g/mol. The van der Waals surface area contributed by atoms with Crippen LogP contribution in [0.15, 0.2) is 53.4 Å². The minimum atomic E-state index is -3.70. The summed E-state index contributed by atoms with van der Waals surface area (Å²) < 4.78 is 41.2. The van der Waals surface area contributed by atoms with E-state index in [4.69, 9.17) is 0 Å². The van der Waals surface area contributed by atoms with Crippen LogP contribution in [0.1, 0.15) is 39.3 Å². The molecule has 1 saturated heterocycles. The van der Waals surface area contributed by atoms with Gasteiger partial charge in [-0.15, -0.1) is 10.2 Å². The Bertz CT molecular complexity index is 1200. The van der Waals surface area contributed by atoms with Crippen molar-refractivity contribution in [2.24, 2.45) is 0 Å². The van der Waals surface area contributed by atoms with Gasteiger partial charge < -0.3 is 5.32 Å². The Balaban J connectivity index is 1.56. The number of carbonyl (C=O) groups excluding carboxylic acids is 1. The van der Waals surface area contributed by atoms with E-state index in [0.29, 0.717) is 35.6 Å². The van der Waals surface area contributed by atoms with Crippen LogP contribution in [0.3, 0.4) is 0 Å². The number of amides is 1. The normalized spacial score (nSPS) is 17.2. The first kappa shape index (κ1) is 20.6. The summed E-state index contributed by atoms with van der Waals surface area (Å²) in [5.74, 6) is -0.982. The van der Waals surface area contributed by atoms with Crippen LogP contribution in [0.5, 0.6) is 0 Å². The maximum absolute atomic E-state index is 13.3. The van der Waals surface area contributed by atoms with Gasteiger partial charge in [0.15, 0.2) is 0 Å². The maximum Gasteiger partial charge on any atom is 0.286 e. The third-order valence-electron chi connectivity index (χ3n) is 4.89. The van der Waals surface area contributed by atoms with Gasteiger partial charge in [-0.1, -0.05) is 35.6 Å². The Labute approximate surface area is 177 Å². The minimum absolute atomic E-state index is 0.0920. The lowest BCUT2D eigenvalue weighted by Crippen LogP contribution is -2.31. The molecule has 0 spiro atoms. The van der Waals surface area contributed by atoms with E-state index in [9.17, 15) is 17.6 Å². The third kappa shape index (κ3) is 3.98. The Hall–Kier alpha value is -2.69. The number of benzene rings is 2. The lowest BCUT2D eigenvalue weighted by Gasteiger charge is -2.23. The first-order valence-corrected chi connectivity index (χ1v) is 11.6. The smallest absolute Gasteiger partial charge is 0.286 e. The highest BCUT2D eigenvalue weighted by Gasteiger charge is 2.39. The molecule has 156 valence electrons. The van der Waals surface area contributed by atoms with Crippen molar-refractivity contribution in [1.82, 2.24) is 14.5 Å². The number of nitrogens with one attached hydrogen (secondary N) is 1. The molecular weight excluding hydrogens is 427 g/mol. The number of aryl methyl sites for hydroxylation is 1. The molecule has 30 heavy (non-hydrogen) atoms. The largest absolute Gasteiger partial charge is 0.320 e. The zero-order valence-electron chi connectivity index (χ0n) is 16.1. The highest BCUT2D eigenvalue weighted by Crippen LogP contribution is 2.38. The van der Waals surface area contributed by atoms with Gasteiger partial charge in [0.25, 0.3) is 5.91 Å². The van der Waals surface area contributed by atoms with E-state index in [2.05, 4.69) is 15.5 Å². The molecule has 0 bridgehead atoms. The number of nitrogens with zero attached hydrogens (tertiary/aromatic N) is 3. The molecule has 2 aromatic carbocycles. The fourth-order valence-corrected chi connectivity index (χ4v) is 6.30. The first-order chi connectivity index (χ1) is 14.4. The molecular formula is C20H19FN4O3S2. The molecule has 0 unspecified atom stereocenters. The van der Waals surface area contributed by atoms with Crippen molar-refractivity contribution < 1.29 is 17.6 Å². The summed E-state index contributed by atoms with van der Waals surface area (Å²) in [6, 6.07) is 11.9. The lowest BCUT2D eigenvalue weighted by atomic mass is 10.2. The summed E-state index contributed by atoms with van der Waals surface area (Å²) >= 11 is 1.05. The Morgan fingerprint density at radius 1 is 1.20 bits per heavy atom. The van der Waals surface area contributed by atoms with Crippen LogP contribution in [-0.4, -0.2) is 35.4 Å². The second kappa shape index (κ2) is 8.21. The maximum atomic E-state index is 13.3. The van der Waals surface area contributed by atoms with Crippen LogP contribution in [0.4, 0.5) is 10.1 Å². The van der Waals surface area contributed by atoms with Gasteiger partial charge in [0.2, 0.25) is 15.0 Å². The Morgan fingerprint density at radius 2 is 2.00 bits per heavy atom. The molecule has 4 rings (SSSR count). The van der Waals surface area contributed by atoms with Crippen LogP contribution in [0.25, 0.3) is 0 Å². The van der Waals surface area contributed by atoms with Gasteiger partial charge in [-0.05, 0) is 49.6 Å². The van der Waals surface area contributed by atoms with Crippen LogP contribution in [-0.2, 0) is 10.0 Å². The molecule has 1 aliphatic rings. The van der Waals surface area contributed by atoms with Gasteiger partial charge >= 0.3 is 0 Å². The molecule has 0 aliphatic carbocycles. The minimum Gasteiger partial charge on any atom is -0.320 e. The number of sulfonamides is 1. The molecule has 1 fully saturated rings. The van der Waals surface area contributed by atoms with E-state index in [0.717, 1.165) is 11.3 Å². The van der Waals surface area contributed by atoms with Gasteiger partial charge in [0.1, 0.15) is 10.8 Å². The van der Waals surface area contributed by atoms with Gasteiger partial charge in [0, 0.05) is 12.2 Å². The number of hydrogen-bond donors (Lipinski definition) is 1. The summed E-state index contributed by atoms with van der Waals surface area (Å²) in [5.41, 5.74) is 0.983. The Kier molecular flexibility index (Phi) is 5.63. The van der Waals surface area contributed by atoms with E-state index < -0.39 is 27.8 Å². The SMILES string of the molecule is Cc1ccccc1S(=O)(=O)N1CCC[C@@H]1c1nnc(C(=O)Nc2cccc(F)c2)s1. The van der Waals surface area contributed by atoms with Crippen molar-refractivity contribution in [1.29, 1.82) is 0 Å². The lowest BCUT2D eigenvalue weighted by molar-refractivity contribution is 0.102. The quantitative estimate of drug-likeness (QED) is 0.644. The van der Waals surface area contributed by atoms with E-state index in [1.54, 1.807) is 37.3 Å². The van der Waals surface area contributed by atoms with Crippen molar-refractivity contribution in [2.75, 3.05) is 11.9 Å². The molecule has 1 amide bonds. The predicted molar refractivity (Wildman–Crippen MR) is 111 cm³/mol. The molecule has 1 aromatic heterocycles. The fourth-order valence-electron chi connectivity index (χ4n) is 3.46. The number of halogens is 1. The molecule has 0 saturated carbocycles. The molecule has 1 N–H and O–H groups in total. The average Bonchev–Trinajstić information content (AvgIpc) is 3.38. The Morgan fingerprint density at radius 3 is 2.77 bits per heavy atom. The van der Waals surface area contributed by atoms with Crippen molar-refractivity contribution >= 4 is 33.0 Å². The number of anilines is 1. The summed E-state index contributed by atoms with van der Waals surface area (Å²) in [6.45, 7) is 2.14. The van der Waals surface area contributed by atoms with Gasteiger partial charge in [-0.3, -0.25) is 4.79 Å². The summed E-state index contributed by atoms with van der Waals surface area (Å²) in [4.78, 5) is 12.7. The number of aromatic nitrogens is 2. The fraction of sp³-hybridized carbons (Fsp3) is 0.250. The average molecular weight is 447 g/mol. The number of rotatable bonds is 5. The first-order valence-electron chi connectivity index (χ1n) is 9.34. The summed E-state index contributed by atoms with van der Waals surface area (Å²) in [6.07, 6.45) is 1.30. The highest BCUT2D eigenvalue weighted by atomic mass is 32.2. The predicted octanol–water partition coefficient (Wildman–Crippen LogP) is 3.76. The van der Waals surface area contributed by atoms with E-state index in [-0.39, 0.29) is 9.90 Å². The van der Waals surface area contributed by atoms with E-state index in [1.165, 1.54) is 22.5 Å². The topological polar surface area (TPSA) is 92.3 Å². The van der Waals surface area contributed by atoms with Crippen LogP contribution in [0, 0.1) is 12.7 Å². The highest BCUT2D eigenvalue weighted by molar-refractivity contribution is 7.89. The second-order valence-corrected chi connectivity index (χ2v) is 9.82. The standard InChI is InChI=1S/C20H19FN4O3S2/c1-13-6-2-3-10-17(13)30(27,28)25-11-5-9-16(25)19-23-24-20(29-19)18(26)22-15-8-4-7-14(21)12-15/h2-4,6-8,10,12,16H,5,9,11H2,1H3,(H,22,26)/t16-/m1/s1. The molecule has 3 aromatic rings. The summed E-state index contributed by atoms with van der Waals surface area (Å²) in [5, 5.41) is 11.1. The zero-order chi connectivity index (χ0) is 21.3. The van der Waals surface area contributed by atoms with Gasteiger partial charge in [-0.2, -0.15) is 4.31 Å².